The van der Waals surface area contributed by atoms with Crippen molar-refractivity contribution in [1.29, 1.82) is 0 Å². The first kappa shape index (κ1) is 18.6. The first-order valence-corrected chi connectivity index (χ1v) is 10.0. The summed E-state index contributed by atoms with van der Waals surface area (Å²) < 4.78 is 0. The van der Waals surface area contributed by atoms with Gasteiger partial charge in [-0.1, -0.05) is 13.8 Å². The number of aromatic amines is 1. The van der Waals surface area contributed by atoms with Crippen LogP contribution < -0.4 is 5.43 Å². The molecule has 3 heterocycles. The van der Waals surface area contributed by atoms with Crippen molar-refractivity contribution >= 4 is 17.7 Å². The van der Waals surface area contributed by atoms with E-state index >= 15 is 0 Å². The second kappa shape index (κ2) is 8.06. The van der Waals surface area contributed by atoms with Gasteiger partial charge in [0, 0.05) is 24.1 Å². The van der Waals surface area contributed by atoms with Crippen molar-refractivity contribution in [1.82, 2.24) is 25.5 Å². The van der Waals surface area contributed by atoms with Crippen LogP contribution >= 0.6 is 0 Å². The highest BCUT2D eigenvalue weighted by Gasteiger charge is 2.27. The van der Waals surface area contributed by atoms with Gasteiger partial charge < -0.3 is 4.98 Å². The minimum absolute atomic E-state index is 0.206. The molecule has 146 valence electrons. The van der Waals surface area contributed by atoms with Crippen LogP contribution in [0.4, 0.5) is 0 Å². The number of nitrogens with zero attached hydrogens (tertiary/aromatic N) is 4. The van der Waals surface area contributed by atoms with E-state index in [1.807, 2.05) is 12.1 Å². The molecular formula is C21H26N6O. The molecule has 0 unspecified atom stereocenters. The number of carbonyl (C=O) groups excluding carboxylic acids is 1. The molecule has 0 bridgehead atoms. The third-order valence-electron chi connectivity index (χ3n) is 5.59. The number of H-pyrrole nitrogens is 1. The molecule has 0 atom stereocenters. The van der Waals surface area contributed by atoms with E-state index in [1.54, 1.807) is 12.3 Å². The second-order valence-corrected chi connectivity index (χ2v) is 7.21. The molecule has 2 aromatic heterocycles. The maximum atomic E-state index is 12.5. The van der Waals surface area contributed by atoms with Gasteiger partial charge in [0.15, 0.2) is 0 Å². The Balaban J connectivity index is 1.76. The van der Waals surface area contributed by atoms with Gasteiger partial charge in [-0.3, -0.25) is 9.69 Å². The van der Waals surface area contributed by atoms with Crippen LogP contribution in [0.5, 0.6) is 0 Å². The Labute approximate surface area is 164 Å². The van der Waals surface area contributed by atoms with Crippen molar-refractivity contribution in [3.8, 4) is 0 Å². The van der Waals surface area contributed by atoms with Gasteiger partial charge in [-0.25, -0.2) is 5.43 Å². The number of carbonyl (C=O) groups is 1. The molecule has 0 aromatic carbocycles. The topological polar surface area (TPSA) is 86.3 Å². The lowest BCUT2D eigenvalue weighted by molar-refractivity contribution is -0.116. The van der Waals surface area contributed by atoms with Crippen molar-refractivity contribution in [2.45, 2.75) is 46.1 Å². The zero-order chi connectivity index (χ0) is 19.5. The number of hydrogen-bond acceptors (Lipinski definition) is 5. The third-order valence-corrected chi connectivity index (χ3v) is 5.59. The smallest absolute Gasteiger partial charge is 0.273 e. The molecular weight excluding hydrogens is 352 g/mol. The Morgan fingerprint density at radius 2 is 2.04 bits per heavy atom. The van der Waals surface area contributed by atoms with E-state index in [1.165, 1.54) is 29.7 Å². The van der Waals surface area contributed by atoms with Crippen molar-refractivity contribution < 1.29 is 4.79 Å². The number of hydrogen-bond donors (Lipinski definition) is 2. The van der Waals surface area contributed by atoms with Gasteiger partial charge in [-0.05, 0) is 68.1 Å². The molecule has 1 aliphatic heterocycles. The van der Waals surface area contributed by atoms with Crippen LogP contribution in [0.25, 0.3) is 6.08 Å². The zero-order valence-corrected chi connectivity index (χ0v) is 16.5. The summed E-state index contributed by atoms with van der Waals surface area (Å²) in [6, 6.07) is 3.61. The normalized spacial score (nSPS) is 17.8. The zero-order valence-electron chi connectivity index (χ0n) is 16.5. The average molecular weight is 378 g/mol. The number of hydrazone groups is 1. The predicted octanol–water partition coefficient (Wildman–Crippen LogP) is 2.44. The van der Waals surface area contributed by atoms with Crippen molar-refractivity contribution in [2.75, 3.05) is 13.1 Å². The average Bonchev–Trinajstić information content (AvgIpc) is 3.27. The minimum Gasteiger partial charge on any atom is -0.358 e. The molecule has 4 rings (SSSR count). The summed E-state index contributed by atoms with van der Waals surface area (Å²) in [7, 11) is 0. The summed E-state index contributed by atoms with van der Waals surface area (Å²) in [5.41, 5.74) is 9.31. The van der Waals surface area contributed by atoms with E-state index in [0.717, 1.165) is 38.2 Å². The Hall–Kier alpha value is -2.80. The SMILES string of the molecule is CCN(CC)Cc1c(/C=C2/C(=O)NN=C2c2cccnn2)[nH]c2c1CCCC2. The molecule has 0 saturated heterocycles. The van der Waals surface area contributed by atoms with E-state index < -0.39 is 0 Å². The summed E-state index contributed by atoms with van der Waals surface area (Å²) in [4.78, 5) is 18.5. The second-order valence-electron chi connectivity index (χ2n) is 7.21. The molecule has 2 aliphatic rings. The first-order valence-electron chi connectivity index (χ1n) is 10.0. The minimum atomic E-state index is -0.206. The maximum absolute atomic E-state index is 12.5. The highest BCUT2D eigenvalue weighted by atomic mass is 16.2. The highest BCUT2D eigenvalue weighted by Crippen LogP contribution is 2.30. The van der Waals surface area contributed by atoms with Crippen LogP contribution in [-0.4, -0.2) is 44.8 Å². The first-order chi connectivity index (χ1) is 13.7. The number of aryl methyl sites for hydroxylation is 1. The van der Waals surface area contributed by atoms with E-state index in [4.69, 9.17) is 0 Å². The molecule has 0 spiro atoms. The van der Waals surface area contributed by atoms with Gasteiger partial charge >= 0.3 is 0 Å². The quantitative estimate of drug-likeness (QED) is 0.756. The number of fused-ring (bicyclic) bond motifs is 1. The van der Waals surface area contributed by atoms with Crippen LogP contribution in [0.1, 0.15) is 54.9 Å². The Kier molecular flexibility index (Phi) is 5.34. The number of aromatic nitrogens is 3. The van der Waals surface area contributed by atoms with Gasteiger partial charge in [0.1, 0.15) is 11.4 Å². The van der Waals surface area contributed by atoms with E-state index in [2.05, 4.69) is 44.5 Å². The molecule has 1 amide bonds. The van der Waals surface area contributed by atoms with Gasteiger partial charge in [0.2, 0.25) is 0 Å². The van der Waals surface area contributed by atoms with E-state index in [9.17, 15) is 4.79 Å². The van der Waals surface area contributed by atoms with Crippen LogP contribution in [-0.2, 0) is 24.2 Å². The lowest BCUT2D eigenvalue weighted by Gasteiger charge is -2.20. The summed E-state index contributed by atoms with van der Waals surface area (Å²) in [5, 5.41) is 12.2. The highest BCUT2D eigenvalue weighted by molar-refractivity contribution is 6.32. The van der Waals surface area contributed by atoms with Crippen molar-refractivity contribution in [3.63, 3.8) is 0 Å². The summed E-state index contributed by atoms with van der Waals surface area (Å²) in [6.45, 7) is 7.25. The third kappa shape index (κ3) is 3.49. The number of nitrogens with one attached hydrogen (secondary N) is 2. The lowest BCUT2D eigenvalue weighted by Crippen LogP contribution is -2.23. The summed E-state index contributed by atoms with van der Waals surface area (Å²) in [6.07, 6.45) is 8.15. The molecule has 7 nitrogen and oxygen atoms in total. The molecule has 28 heavy (non-hydrogen) atoms. The fourth-order valence-corrected chi connectivity index (χ4v) is 3.99. The van der Waals surface area contributed by atoms with Crippen LogP contribution in [0.3, 0.4) is 0 Å². The number of rotatable bonds is 6. The lowest BCUT2D eigenvalue weighted by atomic mass is 9.93. The van der Waals surface area contributed by atoms with Crippen LogP contribution in [0, 0.1) is 0 Å². The van der Waals surface area contributed by atoms with Crippen LogP contribution in [0.2, 0.25) is 0 Å². The molecule has 0 radical (unpaired) electrons. The predicted molar refractivity (Wildman–Crippen MR) is 109 cm³/mol. The molecule has 2 N–H and O–H groups in total. The fourth-order valence-electron chi connectivity index (χ4n) is 3.99. The standard InChI is InChI=1S/C21H26N6O/c1-3-27(4-2)13-16-14-8-5-6-9-17(14)23-19(16)12-15-20(25-26-21(15)28)18-10-7-11-22-24-18/h7,10-12,23H,3-6,8-9,13H2,1-2H3,(H,26,28)/b15-12+. The van der Waals surface area contributed by atoms with Crippen molar-refractivity contribution in [3.05, 3.63) is 52.1 Å². The monoisotopic (exact) mass is 378 g/mol. The molecule has 0 saturated carbocycles. The van der Waals surface area contributed by atoms with Gasteiger partial charge in [-0.2, -0.15) is 10.2 Å². The Bertz CT molecular complexity index is 924. The summed E-state index contributed by atoms with van der Waals surface area (Å²) >= 11 is 0. The van der Waals surface area contributed by atoms with Gasteiger partial charge in [-0.15, -0.1) is 5.10 Å². The van der Waals surface area contributed by atoms with E-state index in [-0.39, 0.29) is 5.91 Å². The summed E-state index contributed by atoms with van der Waals surface area (Å²) in [5.74, 6) is -0.206. The van der Waals surface area contributed by atoms with Gasteiger partial charge in [0.05, 0.1) is 5.57 Å². The van der Waals surface area contributed by atoms with Crippen molar-refractivity contribution in [2.24, 2.45) is 5.10 Å². The molecule has 0 fully saturated rings. The molecule has 1 aliphatic carbocycles. The molecule has 7 heteroatoms. The fraction of sp³-hybridized carbons (Fsp3) is 0.429. The van der Waals surface area contributed by atoms with E-state index in [0.29, 0.717) is 17.0 Å². The molecule has 2 aromatic rings. The maximum Gasteiger partial charge on any atom is 0.273 e. The van der Waals surface area contributed by atoms with Crippen LogP contribution in [0.15, 0.2) is 29.0 Å². The Morgan fingerprint density at radius 3 is 2.79 bits per heavy atom. The van der Waals surface area contributed by atoms with Gasteiger partial charge in [0.25, 0.3) is 5.91 Å². The largest absolute Gasteiger partial charge is 0.358 e. The number of amides is 1. The Morgan fingerprint density at radius 1 is 1.21 bits per heavy atom.